The molecule has 1 heterocycles. The Morgan fingerprint density at radius 1 is 1.00 bits per heavy atom. The molecule has 0 aliphatic carbocycles. The summed E-state index contributed by atoms with van der Waals surface area (Å²) in [6, 6.07) is -2.30. The number of esters is 3. The molecule has 1 aliphatic rings. The van der Waals surface area contributed by atoms with Crippen LogP contribution in [0.25, 0.3) is 0 Å². The van der Waals surface area contributed by atoms with E-state index in [0.717, 1.165) is 32.9 Å². The van der Waals surface area contributed by atoms with Crippen molar-refractivity contribution in [2.45, 2.75) is 31.5 Å². The van der Waals surface area contributed by atoms with E-state index in [4.69, 9.17) is 4.74 Å². The van der Waals surface area contributed by atoms with E-state index in [0.29, 0.717) is 11.8 Å². The molecule has 33 heavy (non-hydrogen) atoms. The molecule has 184 valence electrons. The zero-order valence-electron chi connectivity index (χ0n) is 18.2. The highest BCUT2D eigenvalue weighted by Gasteiger charge is 2.55. The molecule has 15 heteroatoms. The van der Waals surface area contributed by atoms with Crippen molar-refractivity contribution in [2.75, 3.05) is 31.5 Å². The summed E-state index contributed by atoms with van der Waals surface area (Å²) in [5.74, 6) is -7.39. The summed E-state index contributed by atoms with van der Waals surface area (Å²) >= 11 is 1.46. The molecule has 4 N–H and O–H groups in total. The van der Waals surface area contributed by atoms with Crippen LogP contribution < -0.4 is 10.6 Å². The Bertz CT molecular complexity index is 860. The molecule has 2 amide bonds. The molecule has 0 aromatic heterocycles. The van der Waals surface area contributed by atoms with Crippen LogP contribution in [0.4, 0.5) is 0 Å². The minimum Gasteiger partial charge on any atom is -0.501 e. The van der Waals surface area contributed by atoms with Crippen molar-refractivity contribution in [1.82, 2.24) is 10.6 Å². The number of rotatable bonds is 12. The van der Waals surface area contributed by atoms with Crippen molar-refractivity contribution in [2.24, 2.45) is 0 Å². The molecule has 0 spiro atoms. The fourth-order valence-electron chi connectivity index (χ4n) is 2.62. The third-order valence-corrected chi connectivity index (χ3v) is 6.59. The van der Waals surface area contributed by atoms with Gasteiger partial charge in [-0.25, -0.2) is 19.2 Å². The second-order valence-electron chi connectivity index (χ2n) is 6.58. The standard InChI is InChI=1S/C18H24N2O11S2/c1-8(21)19-10(14(24)29-3)5-32-7-18(17(27)28)13(12(23)16(26)31-18)33-6-11(15(25)30-4)20-9(2)22/h10-11,23H,5-7H2,1-4H3,(H,19,21)(H,20,22)(H,27,28). The number of carboxylic acid groups (broad SMARTS) is 1. The van der Waals surface area contributed by atoms with Crippen LogP contribution in [-0.2, 0) is 43.0 Å². The predicted octanol–water partition coefficient (Wildman–Crippen LogP) is -1.04. The van der Waals surface area contributed by atoms with Gasteiger partial charge in [0.1, 0.15) is 12.1 Å². The van der Waals surface area contributed by atoms with Gasteiger partial charge >= 0.3 is 23.9 Å². The number of methoxy groups -OCH3 is 2. The molecule has 3 unspecified atom stereocenters. The number of carboxylic acids is 1. The minimum absolute atomic E-state index is 0.131. The monoisotopic (exact) mass is 508 g/mol. The van der Waals surface area contributed by atoms with Crippen LogP contribution >= 0.6 is 23.5 Å². The highest BCUT2D eigenvalue weighted by Crippen LogP contribution is 2.42. The smallest absolute Gasteiger partial charge is 0.375 e. The van der Waals surface area contributed by atoms with Crippen molar-refractivity contribution in [3.05, 3.63) is 10.7 Å². The van der Waals surface area contributed by atoms with Gasteiger partial charge in [0.2, 0.25) is 17.6 Å². The SMILES string of the molecule is COC(=O)C(CSCC1(C(=O)O)OC(=O)C(O)=C1SCC(NC(C)=O)C(=O)OC)NC(C)=O. The summed E-state index contributed by atoms with van der Waals surface area (Å²) in [6.07, 6.45) is 0. The predicted molar refractivity (Wildman–Crippen MR) is 115 cm³/mol. The number of hydrogen-bond acceptors (Lipinski definition) is 12. The number of cyclic esters (lactones) is 1. The maximum absolute atomic E-state index is 12.1. The van der Waals surface area contributed by atoms with Gasteiger partial charge in [-0.2, -0.15) is 11.8 Å². The van der Waals surface area contributed by atoms with E-state index < -0.39 is 64.9 Å². The first-order chi connectivity index (χ1) is 15.4. The average molecular weight is 509 g/mol. The Balaban J connectivity index is 3.09. The fraction of sp³-hybridized carbons (Fsp3) is 0.556. The number of amides is 2. The highest BCUT2D eigenvalue weighted by atomic mass is 32.2. The fourth-order valence-corrected chi connectivity index (χ4v) is 5.10. The number of ether oxygens (including phenoxy) is 3. The third-order valence-electron chi connectivity index (χ3n) is 4.10. The number of nitrogens with one attached hydrogen (secondary N) is 2. The summed E-state index contributed by atoms with van der Waals surface area (Å²) in [6.45, 7) is 2.34. The van der Waals surface area contributed by atoms with Crippen molar-refractivity contribution in [3.63, 3.8) is 0 Å². The minimum atomic E-state index is -2.33. The third kappa shape index (κ3) is 7.28. The first kappa shape index (κ1) is 28.1. The van der Waals surface area contributed by atoms with E-state index in [9.17, 15) is 39.0 Å². The highest BCUT2D eigenvalue weighted by molar-refractivity contribution is 8.03. The molecular formula is C18H24N2O11S2. The molecule has 0 saturated heterocycles. The van der Waals surface area contributed by atoms with Crippen LogP contribution in [0, 0.1) is 0 Å². The Hall–Kier alpha value is -2.94. The lowest BCUT2D eigenvalue weighted by molar-refractivity contribution is -0.165. The first-order valence-corrected chi connectivity index (χ1v) is 11.3. The Morgan fingerprint density at radius 2 is 1.48 bits per heavy atom. The molecule has 0 aromatic carbocycles. The maximum Gasteiger partial charge on any atom is 0.375 e. The number of aliphatic carboxylic acids is 1. The summed E-state index contributed by atoms with van der Waals surface area (Å²) in [5, 5.41) is 24.7. The number of carbonyl (C=O) groups is 6. The number of thioether (sulfide) groups is 2. The van der Waals surface area contributed by atoms with Gasteiger partial charge in [-0.05, 0) is 0 Å². The molecule has 3 atom stereocenters. The Morgan fingerprint density at radius 3 is 1.91 bits per heavy atom. The quantitative estimate of drug-likeness (QED) is 0.184. The molecule has 13 nitrogen and oxygen atoms in total. The summed E-state index contributed by atoms with van der Waals surface area (Å²) in [5.41, 5.74) is -2.33. The van der Waals surface area contributed by atoms with Crippen LogP contribution in [0.3, 0.4) is 0 Å². The van der Waals surface area contributed by atoms with Crippen molar-refractivity contribution >= 4 is 59.2 Å². The van der Waals surface area contributed by atoms with Gasteiger partial charge in [0.25, 0.3) is 5.60 Å². The lowest BCUT2D eigenvalue weighted by Crippen LogP contribution is -2.46. The molecule has 0 fully saturated rings. The molecular weight excluding hydrogens is 484 g/mol. The lowest BCUT2D eigenvalue weighted by Gasteiger charge is -2.26. The summed E-state index contributed by atoms with van der Waals surface area (Å²) in [4.78, 5) is 70.1. The second kappa shape index (κ2) is 12.3. The Labute approximate surface area is 196 Å². The topological polar surface area (TPSA) is 195 Å². The number of carbonyl (C=O) groups excluding carboxylic acids is 5. The van der Waals surface area contributed by atoms with Crippen LogP contribution in [0.5, 0.6) is 0 Å². The maximum atomic E-state index is 12.1. The zero-order valence-corrected chi connectivity index (χ0v) is 19.8. The summed E-state index contributed by atoms with van der Waals surface area (Å²) in [7, 11) is 2.20. The van der Waals surface area contributed by atoms with Gasteiger partial charge in [-0.15, -0.1) is 11.8 Å². The average Bonchev–Trinajstić information content (AvgIpc) is 2.99. The Kier molecular flexibility index (Phi) is 10.5. The van der Waals surface area contributed by atoms with Gasteiger partial charge in [0.05, 0.1) is 19.1 Å². The van der Waals surface area contributed by atoms with E-state index in [-0.39, 0.29) is 16.4 Å². The van der Waals surface area contributed by atoms with Crippen molar-refractivity contribution in [1.29, 1.82) is 0 Å². The van der Waals surface area contributed by atoms with Gasteiger partial charge in [0, 0.05) is 31.1 Å². The van der Waals surface area contributed by atoms with E-state index >= 15 is 0 Å². The number of hydrogen-bond donors (Lipinski definition) is 4. The lowest BCUT2D eigenvalue weighted by atomic mass is 10.1. The first-order valence-electron chi connectivity index (χ1n) is 9.20. The normalized spacial score (nSPS) is 19.2. The second-order valence-corrected chi connectivity index (χ2v) is 8.64. The summed E-state index contributed by atoms with van der Waals surface area (Å²) < 4.78 is 14.2. The van der Waals surface area contributed by atoms with Crippen molar-refractivity contribution in [3.8, 4) is 0 Å². The van der Waals surface area contributed by atoms with Crippen LogP contribution in [0.2, 0.25) is 0 Å². The van der Waals surface area contributed by atoms with Gasteiger partial charge in [-0.3, -0.25) is 9.59 Å². The van der Waals surface area contributed by atoms with Gasteiger partial charge in [0.15, 0.2) is 0 Å². The van der Waals surface area contributed by atoms with Crippen LogP contribution in [0.15, 0.2) is 10.7 Å². The molecule has 0 radical (unpaired) electrons. The van der Waals surface area contributed by atoms with Crippen molar-refractivity contribution < 1.29 is 53.2 Å². The van der Waals surface area contributed by atoms with Gasteiger partial charge in [-0.1, -0.05) is 0 Å². The van der Waals surface area contributed by atoms with Crippen LogP contribution in [-0.4, -0.2) is 95.1 Å². The van der Waals surface area contributed by atoms with E-state index in [1.165, 1.54) is 6.92 Å². The molecule has 0 saturated carbocycles. The van der Waals surface area contributed by atoms with E-state index in [1.807, 2.05) is 0 Å². The molecule has 1 rings (SSSR count). The number of aliphatic hydroxyl groups is 1. The van der Waals surface area contributed by atoms with E-state index in [2.05, 4.69) is 20.1 Å². The largest absolute Gasteiger partial charge is 0.501 e. The van der Waals surface area contributed by atoms with Crippen LogP contribution in [0.1, 0.15) is 13.8 Å². The zero-order chi connectivity index (χ0) is 25.3. The molecule has 1 aliphatic heterocycles. The molecule has 0 bridgehead atoms. The van der Waals surface area contributed by atoms with Gasteiger partial charge < -0.3 is 35.1 Å². The van der Waals surface area contributed by atoms with E-state index in [1.54, 1.807) is 0 Å². The number of aliphatic hydroxyl groups excluding tert-OH is 1. The molecule has 0 aromatic rings.